The summed E-state index contributed by atoms with van der Waals surface area (Å²) in [6, 6.07) is 55.5. The molecule has 1 aliphatic rings. The van der Waals surface area contributed by atoms with Gasteiger partial charge in [0.05, 0.1) is 5.69 Å². The Kier molecular flexibility index (Phi) is 8.81. The standard InChI is InChI=1S/C37H38N2P2/c1-7-19-32(20-8-1)38-40(34-23-11-3-12-24-34,35-25-13-4-14-26-35)31-41(36-27-15-5-16-28-36,37-29-17-6-18-30-37)39-33-21-9-2-10-22-33/h1,3-8,11-20,23-30,33H,2,9-10,21-22,31H2. The summed E-state index contributed by atoms with van der Waals surface area (Å²) in [6.45, 7) is 0. The quantitative estimate of drug-likeness (QED) is 0.166. The van der Waals surface area contributed by atoms with E-state index in [1.54, 1.807) is 0 Å². The Morgan fingerprint density at radius 1 is 0.439 bits per heavy atom. The van der Waals surface area contributed by atoms with E-state index in [-0.39, 0.29) is 0 Å². The average Bonchev–Trinajstić information content (AvgIpc) is 3.06. The van der Waals surface area contributed by atoms with Gasteiger partial charge in [0, 0.05) is 26.1 Å². The molecule has 41 heavy (non-hydrogen) atoms. The van der Waals surface area contributed by atoms with E-state index >= 15 is 0 Å². The normalized spacial score (nSPS) is 14.3. The van der Waals surface area contributed by atoms with Crippen LogP contribution in [-0.4, -0.2) is 11.9 Å². The topological polar surface area (TPSA) is 24.7 Å². The maximum absolute atomic E-state index is 6.06. The number of hydrogen-bond acceptors (Lipinski definition) is 2. The third kappa shape index (κ3) is 6.11. The van der Waals surface area contributed by atoms with Crippen molar-refractivity contribution in [1.82, 2.24) is 0 Å². The maximum Gasteiger partial charge on any atom is 0.0621 e. The van der Waals surface area contributed by atoms with Crippen LogP contribution in [0.2, 0.25) is 0 Å². The first-order chi connectivity index (χ1) is 20.3. The summed E-state index contributed by atoms with van der Waals surface area (Å²) in [7, 11) is -4.64. The summed E-state index contributed by atoms with van der Waals surface area (Å²) in [4.78, 5) is 0. The Morgan fingerprint density at radius 2 is 0.805 bits per heavy atom. The molecule has 0 radical (unpaired) electrons. The Morgan fingerprint density at radius 3 is 1.22 bits per heavy atom. The summed E-state index contributed by atoms with van der Waals surface area (Å²) in [5.41, 5.74) is 1.03. The van der Waals surface area contributed by atoms with Crippen LogP contribution in [-0.2, 0) is 0 Å². The highest BCUT2D eigenvalue weighted by Gasteiger charge is 2.37. The predicted octanol–water partition coefficient (Wildman–Crippen LogP) is 9.31. The highest BCUT2D eigenvalue weighted by Crippen LogP contribution is 2.64. The van der Waals surface area contributed by atoms with Gasteiger partial charge in [-0.3, -0.25) is 9.49 Å². The second-order valence-corrected chi connectivity index (χ2v) is 17.6. The van der Waals surface area contributed by atoms with Crippen LogP contribution < -0.4 is 21.2 Å². The minimum Gasteiger partial charge on any atom is -0.290 e. The first-order valence-corrected chi connectivity index (χ1v) is 18.6. The van der Waals surface area contributed by atoms with Crippen LogP contribution >= 0.6 is 14.1 Å². The monoisotopic (exact) mass is 572 g/mol. The zero-order valence-corrected chi connectivity index (χ0v) is 25.3. The number of rotatable bonds is 8. The molecule has 0 saturated heterocycles. The molecule has 5 aromatic rings. The molecular weight excluding hydrogens is 534 g/mol. The number of nitrogens with zero attached hydrogens (tertiary/aromatic N) is 2. The van der Waals surface area contributed by atoms with Crippen molar-refractivity contribution in [2.75, 3.05) is 5.90 Å². The fourth-order valence-corrected chi connectivity index (χ4v) is 16.7. The molecule has 0 unspecified atom stereocenters. The first-order valence-electron chi connectivity index (χ1n) is 14.8. The molecule has 0 spiro atoms. The lowest BCUT2D eigenvalue weighted by molar-refractivity contribution is 0.446. The largest absolute Gasteiger partial charge is 0.290 e. The van der Waals surface area contributed by atoms with Gasteiger partial charge in [0.15, 0.2) is 0 Å². The van der Waals surface area contributed by atoms with Crippen molar-refractivity contribution in [2.45, 2.75) is 38.1 Å². The Balaban J connectivity index is 1.73. The second-order valence-electron chi connectivity index (χ2n) is 10.9. The summed E-state index contributed by atoms with van der Waals surface area (Å²) in [6.07, 6.45) is 6.22. The van der Waals surface area contributed by atoms with Gasteiger partial charge in [0.1, 0.15) is 0 Å². The molecular formula is C37H38N2P2. The van der Waals surface area contributed by atoms with Gasteiger partial charge in [-0.25, -0.2) is 0 Å². The number of benzene rings is 5. The molecule has 0 aromatic heterocycles. The van der Waals surface area contributed by atoms with E-state index in [9.17, 15) is 0 Å². The van der Waals surface area contributed by atoms with Crippen LogP contribution in [0.4, 0.5) is 5.69 Å². The van der Waals surface area contributed by atoms with Gasteiger partial charge in [-0.2, -0.15) is 0 Å². The van der Waals surface area contributed by atoms with E-state index in [0.717, 1.165) is 11.6 Å². The van der Waals surface area contributed by atoms with Crippen LogP contribution in [0.15, 0.2) is 161 Å². The van der Waals surface area contributed by atoms with E-state index < -0.39 is 14.1 Å². The highest BCUT2D eigenvalue weighted by atomic mass is 31.2. The Hall–Kier alpha value is -3.44. The SMILES string of the molecule is c1ccc(N=P(CP(=NC2CCCCC2)(c2ccccc2)c2ccccc2)(c2ccccc2)c2ccccc2)cc1. The van der Waals surface area contributed by atoms with Crippen molar-refractivity contribution in [3.63, 3.8) is 0 Å². The van der Waals surface area contributed by atoms with Crippen LogP contribution in [0, 0.1) is 0 Å². The smallest absolute Gasteiger partial charge is 0.0621 e. The van der Waals surface area contributed by atoms with Crippen LogP contribution in [0.1, 0.15) is 32.1 Å². The van der Waals surface area contributed by atoms with E-state index in [1.165, 1.54) is 53.3 Å². The zero-order chi connectivity index (χ0) is 27.8. The predicted molar refractivity (Wildman–Crippen MR) is 181 cm³/mol. The Labute approximate surface area is 245 Å². The van der Waals surface area contributed by atoms with Gasteiger partial charge in [0.25, 0.3) is 0 Å². The lowest BCUT2D eigenvalue weighted by Crippen LogP contribution is -2.27. The highest BCUT2D eigenvalue weighted by molar-refractivity contribution is 7.96. The minimum absolute atomic E-state index is 0.377. The molecule has 0 heterocycles. The second kappa shape index (κ2) is 13.0. The van der Waals surface area contributed by atoms with Gasteiger partial charge < -0.3 is 0 Å². The van der Waals surface area contributed by atoms with E-state index in [4.69, 9.17) is 9.49 Å². The van der Waals surface area contributed by atoms with E-state index in [2.05, 4.69) is 152 Å². The van der Waals surface area contributed by atoms with Gasteiger partial charge >= 0.3 is 0 Å². The molecule has 1 saturated carbocycles. The number of hydrogen-bond donors (Lipinski definition) is 0. The van der Waals surface area contributed by atoms with Crippen molar-refractivity contribution in [3.8, 4) is 0 Å². The fourth-order valence-electron chi connectivity index (χ4n) is 6.10. The molecule has 6 rings (SSSR count). The Bertz CT molecular complexity index is 1540. The fraction of sp³-hybridized carbons (Fsp3) is 0.189. The third-order valence-corrected chi connectivity index (χ3v) is 17.3. The van der Waals surface area contributed by atoms with E-state index in [1.807, 2.05) is 0 Å². The summed E-state index contributed by atoms with van der Waals surface area (Å²) >= 11 is 0. The average molecular weight is 573 g/mol. The van der Waals surface area contributed by atoms with Crippen molar-refractivity contribution >= 4 is 41.0 Å². The van der Waals surface area contributed by atoms with E-state index in [0.29, 0.717) is 6.04 Å². The minimum atomic E-state index is -2.36. The summed E-state index contributed by atoms with van der Waals surface area (Å²) in [5.74, 6) is 0.896. The summed E-state index contributed by atoms with van der Waals surface area (Å²) < 4.78 is 11.9. The maximum atomic E-state index is 6.06. The lowest BCUT2D eigenvalue weighted by Gasteiger charge is -2.36. The molecule has 2 nitrogen and oxygen atoms in total. The molecule has 4 heteroatoms. The molecule has 0 aliphatic heterocycles. The zero-order valence-electron chi connectivity index (χ0n) is 23.5. The third-order valence-electron chi connectivity index (χ3n) is 8.12. The molecule has 0 amide bonds. The van der Waals surface area contributed by atoms with Crippen LogP contribution in [0.5, 0.6) is 0 Å². The molecule has 1 aliphatic carbocycles. The molecule has 0 atom stereocenters. The van der Waals surface area contributed by atoms with Crippen molar-refractivity contribution in [3.05, 3.63) is 152 Å². The first kappa shape index (κ1) is 27.7. The van der Waals surface area contributed by atoms with Gasteiger partial charge in [-0.15, -0.1) is 0 Å². The van der Waals surface area contributed by atoms with Gasteiger partial charge in [0.2, 0.25) is 0 Å². The molecule has 0 bridgehead atoms. The van der Waals surface area contributed by atoms with Crippen molar-refractivity contribution in [2.24, 2.45) is 9.49 Å². The van der Waals surface area contributed by atoms with Crippen molar-refractivity contribution in [1.29, 1.82) is 0 Å². The van der Waals surface area contributed by atoms with Crippen molar-refractivity contribution < 1.29 is 0 Å². The van der Waals surface area contributed by atoms with Gasteiger partial charge in [-0.1, -0.05) is 159 Å². The lowest BCUT2D eigenvalue weighted by atomic mass is 9.97. The van der Waals surface area contributed by atoms with Crippen LogP contribution in [0.3, 0.4) is 0 Å². The summed E-state index contributed by atoms with van der Waals surface area (Å²) in [5, 5.41) is 5.34. The molecule has 5 aromatic carbocycles. The molecule has 0 N–H and O–H groups in total. The molecule has 206 valence electrons. The molecule has 1 fully saturated rings. The van der Waals surface area contributed by atoms with Gasteiger partial charge in [-0.05, 0) is 46.2 Å². The van der Waals surface area contributed by atoms with Crippen LogP contribution in [0.25, 0.3) is 0 Å².